The molecule has 31 heavy (non-hydrogen) atoms. The number of aryl methyl sites for hydroxylation is 1. The molecular weight excluding hydrogens is 435 g/mol. The lowest BCUT2D eigenvalue weighted by Crippen LogP contribution is -2.20. The smallest absolute Gasteiger partial charge is 0.276 e. The predicted molar refractivity (Wildman–Crippen MR) is 119 cm³/mol. The molecule has 154 valence electrons. The van der Waals surface area contributed by atoms with Crippen LogP contribution in [0.4, 0.5) is 4.39 Å². The molecule has 0 atom stereocenters. The SMILES string of the molecule is Cc1ccccc1-c1noc(CSc2nc3ccsc3c(=O)n2-c2ccc(F)cc2)n1. The van der Waals surface area contributed by atoms with Crippen LogP contribution in [-0.2, 0) is 5.75 Å². The molecule has 0 spiro atoms. The van der Waals surface area contributed by atoms with Crippen molar-refractivity contribution in [2.45, 2.75) is 17.8 Å². The average molecular weight is 451 g/mol. The summed E-state index contributed by atoms with van der Waals surface area (Å²) in [6, 6.07) is 15.4. The molecule has 5 aromatic rings. The first kappa shape index (κ1) is 19.7. The Morgan fingerprint density at radius 1 is 1.10 bits per heavy atom. The van der Waals surface area contributed by atoms with Gasteiger partial charge in [0.2, 0.25) is 11.7 Å². The molecule has 0 saturated carbocycles. The Morgan fingerprint density at radius 3 is 2.71 bits per heavy atom. The third kappa shape index (κ3) is 3.77. The Hall–Kier alpha value is -3.30. The van der Waals surface area contributed by atoms with Crippen LogP contribution in [0.25, 0.3) is 27.3 Å². The molecule has 0 radical (unpaired) electrons. The van der Waals surface area contributed by atoms with E-state index in [0.717, 1.165) is 11.1 Å². The Kier molecular flexibility index (Phi) is 5.13. The van der Waals surface area contributed by atoms with Gasteiger partial charge in [0.25, 0.3) is 5.56 Å². The maximum Gasteiger partial charge on any atom is 0.276 e. The summed E-state index contributed by atoms with van der Waals surface area (Å²) in [4.78, 5) is 22.2. The Balaban J connectivity index is 1.50. The van der Waals surface area contributed by atoms with Crippen LogP contribution in [0.3, 0.4) is 0 Å². The molecule has 0 bridgehead atoms. The van der Waals surface area contributed by atoms with E-state index >= 15 is 0 Å². The minimum Gasteiger partial charge on any atom is -0.338 e. The highest BCUT2D eigenvalue weighted by Crippen LogP contribution is 2.27. The Morgan fingerprint density at radius 2 is 1.90 bits per heavy atom. The molecule has 3 aromatic heterocycles. The van der Waals surface area contributed by atoms with Gasteiger partial charge in [-0.2, -0.15) is 4.98 Å². The number of hydrogen-bond donors (Lipinski definition) is 0. The van der Waals surface area contributed by atoms with Crippen molar-refractivity contribution in [2.75, 3.05) is 0 Å². The van der Waals surface area contributed by atoms with E-state index in [1.807, 2.05) is 42.6 Å². The fourth-order valence-electron chi connectivity index (χ4n) is 3.18. The lowest BCUT2D eigenvalue weighted by Gasteiger charge is -2.11. The zero-order valence-corrected chi connectivity index (χ0v) is 17.9. The molecule has 0 aliphatic rings. The molecule has 0 fully saturated rings. The number of hydrogen-bond acceptors (Lipinski definition) is 7. The minimum atomic E-state index is -0.370. The number of thiophene rings is 1. The van der Waals surface area contributed by atoms with Crippen molar-refractivity contribution >= 4 is 33.3 Å². The summed E-state index contributed by atoms with van der Waals surface area (Å²) in [7, 11) is 0. The van der Waals surface area contributed by atoms with Gasteiger partial charge in [-0.1, -0.05) is 41.2 Å². The standard InChI is InChI=1S/C22H15FN4O2S2/c1-13-4-2-3-5-16(13)20-25-18(29-26-20)12-31-22-24-17-10-11-30-19(17)21(28)27(22)15-8-6-14(23)7-9-15/h2-11H,12H2,1H3. The van der Waals surface area contributed by atoms with Crippen molar-refractivity contribution in [3.8, 4) is 17.1 Å². The first-order chi connectivity index (χ1) is 15.1. The van der Waals surface area contributed by atoms with E-state index in [0.29, 0.717) is 38.5 Å². The van der Waals surface area contributed by atoms with E-state index in [9.17, 15) is 9.18 Å². The minimum absolute atomic E-state index is 0.194. The van der Waals surface area contributed by atoms with Crippen molar-refractivity contribution in [1.29, 1.82) is 0 Å². The highest BCUT2D eigenvalue weighted by molar-refractivity contribution is 7.98. The van der Waals surface area contributed by atoms with Gasteiger partial charge >= 0.3 is 0 Å². The second kappa shape index (κ2) is 8.09. The normalized spacial score (nSPS) is 11.3. The molecule has 6 nitrogen and oxygen atoms in total. The fourth-order valence-corrected chi connectivity index (χ4v) is 4.79. The third-order valence-corrected chi connectivity index (χ3v) is 6.53. The second-order valence-corrected chi connectivity index (χ2v) is 8.62. The van der Waals surface area contributed by atoms with Crippen molar-refractivity contribution in [2.24, 2.45) is 0 Å². The Labute approximate surface area is 184 Å². The average Bonchev–Trinajstić information content (AvgIpc) is 3.43. The molecule has 3 heterocycles. The van der Waals surface area contributed by atoms with Crippen molar-refractivity contribution in [1.82, 2.24) is 19.7 Å². The molecule has 0 aliphatic carbocycles. The lowest BCUT2D eigenvalue weighted by molar-refractivity contribution is 0.391. The molecule has 0 amide bonds. The van der Waals surface area contributed by atoms with E-state index in [1.165, 1.54) is 39.8 Å². The van der Waals surface area contributed by atoms with Crippen LogP contribution in [0.15, 0.2) is 74.5 Å². The highest BCUT2D eigenvalue weighted by Gasteiger charge is 2.17. The molecule has 9 heteroatoms. The van der Waals surface area contributed by atoms with E-state index in [-0.39, 0.29) is 11.4 Å². The number of halogens is 1. The molecule has 2 aromatic carbocycles. The number of benzene rings is 2. The van der Waals surface area contributed by atoms with E-state index in [2.05, 4.69) is 15.1 Å². The van der Waals surface area contributed by atoms with E-state index < -0.39 is 0 Å². The van der Waals surface area contributed by atoms with Crippen LogP contribution < -0.4 is 5.56 Å². The number of thioether (sulfide) groups is 1. The summed E-state index contributed by atoms with van der Waals surface area (Å²) in [5.41, 5.74) is 2.94. The maximum absolute atomic E-state index is 13.4. The second-order valence-electron chi connectivity index (χ2n) is 6.76. The summed E-state index contributed by atoms with van der Waals surface area (Å²) in [5.74, 6) is 0.910. The van der Waals surface area contributed by atoms with Gasteiger partial charge in [-0.25, -0.2) is 9.37 Å². The van der Waals surface area contributed by atoms with Gasteiger partial charge in [-0.15, -0.1) is 11.3 Å². The first-order valence-electron chi connectivity index (χ1n) is 9.38. The summed E-state index contributed by atoms with van der Waals surface area (Å²) in [6.07, 6.45) is 0. The Bertz CT molecular complexity index is 1440. The molecule has 0 N–H and O–H groups in total. The summed E-state index contributed by atoms with van der Waals surface area (Å²) >= 11 is 2.64. The van der Waals surface area contributed by atoms with E-state index in [4.69, 9.17) is 4.52 Å². The van der Waals surface area contributed by atoms with Gasteiger partial charge in [0.1, 0.15) is 10.5 Å². The largest absolute Gasteiger partial charge is 0.338 e. The topological polar surface area (TPSA) is 73.8 Å². The molecule has 0 saturated heterocycles. The summed E-state index contributed by atoms with van der Waals surface area (Å²) in [6.45, 7) is 1.99. The number of fused-ring (bicyclic) bond motifs is 1. The zero-order valence-electron chi connectivity index (χ0n) is 16.3. The van der Waals surface area contributed by atoms with Crippen LogP contribution in [0.2, 0.25) is 0 Å². The monoisotopic (exact) mass is 450 g/mol. The summed E-state index contributed by atoms with van der Waals surface area (Å²) < 4.78 is 20.9. The van der Waals surface area contributed by atoms with Crippen LogP contribution in [-0.4, -0.2) is 19.7 Å². The van der Waals surface area contributed by atoms with Crippen LogP contribution in [0.1, 0.15) is 11.5 Å². The van der Waals surface area contributed by atoms with Gasteiger partial charge in [-0.05, 0) is 48.2 Å². The van der Waals surface area contributed by atoms with Crippen molar-refractivity contribution < 1.29 is 8.91 Å². The zero-order chi connectivity index (χ0) is 21.4. The first-order valence-corrected chi connectivity index (χ1v) is 11.2. The van der Waals surface area contributed by atoms with Gasteiger partial charge in [0.15, 0.2) is 5.16 Å². The maximum atomic E-state index is 13.4. The van der Waals surface area contributed by atoms with Gasteiger partial charge in [0, 0.05) is 5.56 Å². The molecular formula is C22H15FN4O2S2. The number of rotatable bonds is 5. The molecule has 0 unspecified atom stereocenters. The predicted octanol–water partition coefficient (Wildman–Crippen LogP) is 5.24. The van der Waals surface area contributed by atoms with Crippen LogP contribution in [0.5, 0.6) is 0 Å². The van der Waals surface area contributed by atoms with Crippen LogP contribution in [0, 0.1) is 12.7 Å². The quantitative estimate of drug-likeness (QED) is 0.269. The molecule has 0 aliphatic heterocycles. The van der Waals surface area contributed by atoms with Gasteiger partial charge in [0.05, 0.1) is 17.0 Å². The van der Waals surface area contributed by atoms with Crippen LogP contribution >= 0.6 is 23.1 Å². The lowest BCUT2D eigenvalue weighted by atomic mass is 10.1. The summed E-state index contributed by atoms with van der Waals surface area (Å²) in [5, 5.41) is 6.38. The number of nitrogens with zero attached hydrogens (tertiary/aromatic N) is 4. The van der Waals surface area contributed by atoms with E-state index in [1.54, 1.807) is 12.1 Å². The van der Waals surface area contributed by atoms with Gasteiger partial charge in [-0.3, -0.25) is 9.36 Å². The fraction of sp³-hybridized carbons (Fsp3) is 0.0909. The highest BCUT2D eigenvalue weighted by atomic mass is 32.2. The van der Waals surface area contributed by atoms with Crippen molar-refractivity contribution in [3.05, 3.63) is 87.6 Å². The van der Waals surface area contributed by atoms with Crippen molar-refractivity contribution in [3.63, 3.8) is 0 Å². The van der Waals surface area contributed by atoms with Gasteiger partial charge < -0.3 is 4.52 Å². The third-order valence-electron chi connectivity index (χ3n) is 4.71. The number of aromatic nitrogens is 4. The molecule has 5 rings (SSSR count).